The zero-order chi connectivity index (χ0) is 15.7. The molecule has 0 aromatic heterocycles. The summed E-state index contributed by atoms with van der Waals surface area (Å²) in [6.07, 6.45) is -12.3. The van der Waals surface area contributed by atoms with E-state index in [0.717, 1.165) is 0 Å². The van der Waals surface area contributed by atoms with Crippen LogP contribution in [0, 0.1) is 0 Å². The highest BCUT2D eigenvalue weighted by Crippen LogP contribution is 2.22. The average Bonchev–Trinajstić information content (AvgIpc) is 2.12. The first-order valence-electron chi connectivity index (χ1n) is 6.28. The molecule has 0 aromatic rings. The van der Waals surface area contributed by atoms with Crippen molar-refractivity contribution in [1.29, 1.82) is 0 Å². The van der Waals surface area contributed by atoms with Crippen LogP contribution in [0.3, 0.4) is 0 Å². The maximum absolute atomic E-state index is 9.64. The van der Waals surface area contributed by atoms with Crippen LogP contribution in [-0.4, -0.2) is 62.7 Å². The Labute approximate surface area is 78.5 Å². The number of rotatable bonds is 1. The molecule has 0 radical (unpaired) electrons. The lowest BCUT2D eigenvalue weighted by Crippen LogP contribution is -2.62. The third kappa shape index (κ3) is 1.45. The normalized spacial score (nSPS) is 81.6. The molecule has 1 aliphatic rings. The van der Waals surface area contributed by atoms with Crippen LogP contribution in [0.1, 0.15) is 9.60 Å². The SMILES string of the molecule is [2H]C1([2H])O[C@@](O)(C([2H])([2H])O)[C@]([2H])(O)[C@@]([2H])(O)[C@@]1([2H])O. The molecule has 0 saturated carbocycles. The van der Waals surface area contributed by atoms with Crippen LogP contribution >= 0.6 is 0 Å². The minimum Gasteiger partial charge on any atom is -0.391 e. The molecule has 6 heteroatoms. The van der Waals surface area contributed by atoms with Gasteiger partial charge in [-0.15, -0.1) is 0 Å². The van der Waals surface area contributed by atoms with E-state index in [0.29, 0.717) is 0 Å². The van der Waals surface area contributed by atoms with Gasteiger partial charge >= 0.3 is 0 Å². The van der Waals surface area contributed by atoms with Crippen molar-refractivity contribution in [3.05, 3.63) is 0 Å². The van der Waals surface area contributed by atoms with Crippen LogP contribution in [0.2, 0.25) is 0 Å². The first-order chi connectivity index (χ1) is 7.96. The molecule has 0 unspecified atom stereocenters. The van der Waals surface area contributed by atoms with E-state index < -0.39 is 37.1 Å². The molecule has 0 aliphatic carbocycles. The summed E-state index contributed by atoms with van der Waals surface area (Å²) in [5.74, 6) is -4.15. The topological polar surface area (TPSA) is 110 Å². The minimum absolute atomic E-state index is 3.79. The highest BCUT2D eigenvalue weighted by atomic mass is 16.7. The second-order valence-electron chi connectivity index (χ2n) is 2.01. The van der Waals surface area contributed by atoms with Gasteiger partial charge < -0.3 is 30.3 Å². The summed E-state index contributed by atoms with van der Waals surface area (Å²) in [6.45, 7) is -7.79. The smallest absolute Gasteiger partial charge is 0.218 e. The van der Waals surface area contributed by atoms with Crippen molar-refractivity contribution in [2.75, 3.05) is 13.1 Å². The Balaban J connectivity index is 3.60. The third-order valence-corrected chi connectivity index (χ3v) is 1.22. The highest BCUT2D eigenvalue weighted by Gasteiger charge is 2.47. The maximum Gasteiger partial charge on any atom is 0.218 e. The molecule has 72 valence electrons. The molecule has 0 bridgehead atoms. The van der Waals surface area contributed by atoms with Gasteiger partial charge in [0.15, 0.2) is 0 Å². The predicted octanol–water partition coefficient (Wildman–Crippen LogP) is -3.22. The van der Waals surface area contributed by atoms with Gasteiger partial charge in [-0.2, -0.15) is 0 Å². The molecule has 4 atom stereocenters. The molecule has 0 aromatic carbocycles. The van der Waals surface area contributed by atoms with Crippen molar-refractivity contribution < 1.29 is 39.9 Å². The summed E-state index contributed by atoms with van der Waals surface area (Å²) in [4.78, 5) is 0. The summed E-state index contributed by atoms with van der Waals surface area (Å²) in [5.41, 5.74) is 0. The van der Waals surface area contributed by atoms with Crippen LogP contribution in [0.4, 0.5) is 0 Å². The van der Waals surface area contributed by atoms with Gasteiger partial charge in [0.2, 0.25) is 5.79 Å². The van der Waals surface area contributed by atoms with Crippen molar-refractivity contribution in [3.63, 3.8) is 0 Å². The molecule has 1 fully saturated rings. The van der Waals surface area contributed by atoms with Gasteiger partial charge in [0.1, 0.15) is 18.2 Å². The molecule has 1 aliphatic heterocycles. The zero-order valence-corrected chi connectivity index (χ0v) is 5.64. The molecule has 1 saturated heterocycles. The van der Waals surface area contributed by atoms with E-state index in [1.165, 1.54) is 0 Å². The summed E-state index contributed by atoms with van der Waals surface area (Å²) in [7, 11) is 0. The first kappa shape index (κ1) is 3.87. The molecule has 12 heavy (non-hydrogen) atoms. The van der Waals surface area contributed by atoms with E-state index >= 15 is 0 Å². The number of hydrogen-bond donors (Lipinski definition) is 5. The van der Waals surface area contributed by atoms with Crippen LogP contribution in [0.25, 0.3) is 0 Å². The quantitative estimate of drug-likeness (QED) is 0.295. The fraction of sp³-hybridized carbons (Fsp3) is 1.00. The van der Waals surface area contributed by atoms with Gasteiger partial charge in [0, 0.05) is 0 Å². The van der Waals surface area contributed by atoms with E-state index in [1.54, 1.807) is 0 Å². The summed E-state index contributed by atoms with van der Waals surface area (Å²) >= 11 is 0. The molecule has 6 nitrogen and oxygen atoms in total. The van der Waals surface area contributed by atoms with Crippen LogP contribution in [-0.2, 0) is 4.74 Å². The predicted molar refractivity (Wildman–Crippen MR) is 36.0 cm³/mol. The molecule has 1 heterocycles. The van der Waals surface area contributed by atoms with Gasteiger partial charge in [-0.05, 0) is 0 Å². The molecule has 5 N–H and O–H groups in total. The maximum atomic E-state index is 9.64. The monoisotopic (exact) mass is 187 g/mol. The van der Waals surface area contributed by atoms with E-state index in [-0.39, 0.29) is 0 Å². The molecular weight excluding hydrogens is 168 g/mol. The Morgan fingerprint density at radius 1 is 1.67 bits per heavy atom. The van der Waals surface area contributed by atoms with Crippen molar-refractivity contribution in [1.82, 2.24) is 0 Å². The number of ether oxygens (including phenoxy) is 1. The lowest BCUT2D eigenvalue weighted by molar-refractivity contribution is -0.331. The van der Waals surface area contributed by atoms with E-state index in [1.807, 2.05) is 0 Å². The first-order valence-corrected chi connectivity index (χ1v) is 2.78. The molecule has 0 amide bonds. The van der Waals surface area contributed by atoms with Crippen LogP contribution in [0.15, 0.2) is 0 Å². The number of aliphatic hydroxyl groups is 5. The van der Waals surface area contributed by atoms with Gasteiger partial charge in [-0.3, -0.25) is 0 Å². The van der Waals surface area contributed by atoms with Crippen molar-refractivity contribution in [2.24, 2.45) is 0 Å². The largest absolute Gasteiger partial charge is 0.391 e. The Morgan fingerprint density at radius 2 is 2.25 bits per heavy atom. The summed E-state index contributed by atoms with van der Waals surface area (Å²) in [6, 6.07) is 0. The van der Waals surface area contributed by atoms with Gasteiger partial charge in [-0.1, -0.05) is 0 Å². The average molecular weight is 187 g/mol. The van der Waals surface area contributed by atoms with Gasteiger partial charge in [0.05, 0.1) is 22.7 Å². The lowest BCUT2D eigenvalue weighted by atomic mass is 9.98. The summed E-state index contributed by atoms with van der Waals surface area (Å²) < 4.78 is 53.1. The van der Waals surface area contributed by atoms with Crippen molar-refractivity contribution in [2.45, 2.75) is 24.0 Å². The van der Waals surface area contributed by atoms with Crippen LogP contribution < -0.4 is 0 Å². The Hall–Kier alpha value is -0.240. The van der Waals surface area contributed by atoms with Gasteiger partial charge in [-0.25, -0.2) is 0 Å². The van der Waals surface area contributed by atoms with Gasteiger partial charge in [0.25, 0.3) is 0 Å². The van der Waals surface area contributed by atoms with E-state index in [2.05, 4.69) is 4.74 Å². The molecule has 0 spiro atoms. The molecular formula is C6H12O6. The van der Waals surface area contributed by atoms with Crippen LogP contribution in [0.5, 0.6) is 0 Å². The van der Waals surface area contributed by atoms with Crippen molar-refractivity contribution >= 4 is 0 Å². The highest BCUT2D eigenvalue weighted by molar-refractivity contribution is 4.90. The molecule has 1 rings (SSSR count). The lowest BCUT2D eigenvalue weighted by Gasteiger charge is -2.40. The van der Waals surface area contributed by atoms with E-state index in [9.17, 15) is 20.4 Å². The number of hydrogen-bond acceptors (Lipinski definition) is 6. The zero-order valence-electron chi connectivity index (χ0n) is 12.6. The Kier molecular flexibility index (Phi) is 1.05. The third-order valence-electron chi connectivity index (χ3n) is 1.22. The fourth-order valence-corrected chi connectivity index (χ4v) is 0.567. The summed E-state index contributed by atoms with van der Waals surface area (Å²) in [5, 5.41) is 47.1. The second-order valence-corrected chi connectivity index (χ2v) is 2.01. The Morgan fingerprint density at radius 3 is 2.75 bits per heavy atom. The standard InChI is InChI=1S/C6H12O6/c7-2-6(11)5(10)4(9)3(8)1-12-6/h3-5,7-11H,1-2H2/t3-,4-,5+,6-/m0/s1/i1D2,2D2,3D,4D,5D. The fourth-order valence-electron chi connectivity index (χ4n) is 0.567. The second kappa shape index (κ2) is 3.25. The minimum atomic E-state index is -4.19. The Bertz CT molecular complexity index is 390. The van der Waals surface area contributed by atoms with Crippen molar-refractivity contribution in [3.8, 4) is 0 Å². The van der Waals surface area contributed by atoms with E-state index in [4.69, 9.17) is 14.7 Å².